The van der Waals surface area contributed by atoms with Crippen molar-refractivity contribution in [1.82, 2.24) is 15.3 Å². The topological polar surface area (TPSA) is 95.2 Å². The van der Waals surface area contributed by atoms with Crippen LogP contribution in [0.2, 0.25) is 0 Å². The summed E-state index contributed by atoms with van der Waals surface area (Å²) in [5.74, 6) is -0.477. The molecule has 2 N–H and O–H groups in total. The van der Waals surface area contributed by atoms with Crippen molar-refractivity contribution in [2.45, 2.75) is 19.4 Å². The van der Waals surface area contributed by atoms with E-state index in [4.69, 9.17) is 0 Å². The zero-order chi connectivity index (χ0) is 13.3. The van der Waals surface area contributed by atoms with E-state index in [0.717, 1.165) is 0 Å². The molecule has 7 nitrogen and oxygen atoms in total. The number of hydrogen-bond donors (Lipinski definition) is 2. The van der Waals surface area contributed by atoms with Crippen molar-refractivity contribution in [3.05, 3.63) is 21.2 Å². The summed E-state index contributed by atoms with van der Waals surface area (Å²) in [6.07, 6.45) is 1.76. The minimum atomic E-state index is -0.506. The van der Waals surface area contributed by atoms with Crippen LogP contribution in [0.3, 0.4) is 0 Å². The minimum Gasteiger partial charge on any atom is -0.334 e. The van der Waals surface area contributed by atoms with Gasteiger partial charge in [0, 0.05) is 0 Å². The average Bonchev–Trinajstić information content (AvgIpc) is 2.32. The summed E-state index contributed by atoms with van der Waals surface area (Å²) in [7, 11) is 0. The molecule has 2 heterocycles. The first kappa shape index (κ1) is 12.7. The molecule has 96 valence electrons. The Kier molecular flexibility index (Phi) is 3.46. The highest BCUT2D eigenvalue weighted by molar-refractivity contribution is 9.10. The monoisotopic (exact) mass is 314 g/mol. The molecular weight excluding hydrogens is 304 g/mol. The van der Waals surface area contributed by atoms with Crippen LogP contribution in [0.4, 0.5) is 5.82 Å². The quantitative estimate of drug-likeness (QED) is 0.735. The number of nitrogens with one attached hydrogen (secondary N) is 2. The lowest BCUT2D eigenvalue weighted by molar-refractivity contribution is -0.132. The van der Waals surface area contributed by atoms with Crippen LogP contribution in [0, 0.1) is 0 Å². The van der Waals surface area contributed by atoms with Gasteiger partial charge in [-0.25, -0.2) is 4.98 Å². The number of aromatic amines is 1. The Labute approximate surface area is 111 Å². The number of nitrogens with zero attached hydrogens (tertiary/aromatic N) is 2. The Morgan fingerprint density at radius 3 is 2.89 bits per heavy atom. The third kappa shape index (κ3) is 2.15. The van der Waals surface area contributed by atoms with E-state index >= 15 is 0 Å². The number of hydrogen-bond acceptors (Lipinski definition) is 5. The number of halogens is 1. The van der Waals surface area contributed by atoms with Crippen molar-refractivity contribution in [1.29, 1.82) is 0 Å². The second kappa shape index (κ2) is 4.89. The van der Waals surface area contributed by atoms with Crippen LogP contribution in [-0.2, 0) is 9.59 Å². The molecule has 8 heteroatoms. The molecule has 0 radical (unpaired) electrons. The number of amides is 2. The summed E-state index contributed by atoms with van der Waals surface area (Å²) in [6.45, 7) is 1.83. The van der Waals surface area contributed by atoms with E-state index in [1.807, 2.05) is 6.92 Å². The van der Waals surface area contributed by atoms with Crippen molar-refractivity contribution in [2.24, 2.45) is 0 Å². The van der Waals surface area contributed by atoms with Crippen molar-refractivity contribution in [2.75, 3.05) is 11.4 Å². The first-order valence-corrected chi connectivity index (χ1v) is 6.17. The standard InChI is InChI=1S/C10H11BrN4O3/c1-2-5-9(17)14-6(16)3-15(5)8-7(11)10(18)13-4-12-8/h4-5H,2-3H2,1H3,(H,12,13,18)(H,14,16,17). The fourth-order valence-corrected chi connectivity index (χ4v) is 2.31. The van der Waals surface area contributed by atoms with Crippen LogP contribution in [0.15, 0.2) is 15.6 Å². The summed E-state index contributed by atoms with van der Waals surface area (Å²) in [5, 5.41) is 2.27. The van der Waals surface area contributed by atoms with Crippen molar-refractivity contribution < 1.29 is 9.59 Å². The van der Waals surface area contributed by atoms with Gasteiger partial charge in [0.2, 0.25) is 11.8 Å². The Morgan fingerprint density at radius 1 is 1.50 bits per heavy atom. The Morgan fingerprint density at radius 2 is 2.22 bits per heavy atom. The second-order valence-corrected chi connectivity index (χ2v) is 4.63. The molecule has 1 unspecified atom stereocenters. The average molecular weight is 315 g/mol. The fraction of sp³-hybridized carbons (Fsp3) is 0.400. The first-order chi connectivity index (χ1) is 8.54. The molecule has 1 aromatic rings. The number of rotatable bonds is 2. The summed E-state index contributed by atoms with van der Waals surface area (Å²) in [5.41, 5.74) is -0.353. The van der Waals surface area contributed by atoms with Crippen LogP contribution in [0.25, 0.3) is 0 Å². The number of H-pyrrole nitrogens is 1. The van der Waals surface area contributed by atoms with E-state index in [1.165, 1.54) is 11.2 Å². The van der Waals surface area contributed by atoms with E-state index in [2.05, 4.69) is 31.2 Å². The summed E-state index contributed by atoms with van der Waals surface area (Å²) in [4.78, 5) is 42.6. The molecule has 1 aliphatic heterocycles. The van der Waals surface area contributed by atoms with Crippen LogP contribution in [0.1, 0.15) is 13.3 Å². The van der Waals surface area contributed by atoms with Gasteiger partial charge in [0.1, 0.15) is 10.5 Å². The van der Waals surface area contributed by atoms with Gasteiger partial charge in [0.25, 0.3) is 5.56 Å². The third-order valence-corrected chi connectivity index (χ3v) is 3.41. The van der Waals surface area contributed by atoms with E-state index in [1.54, 1.807) is 0 Å². The molecule has 1 fully saturated rings. The van der Waals surface area contributed by atoms with Gasteiger partial charge in [0.15, 0.2) is 5.82 Å². The predicted octanol–water partition coefficient (Wildman–Crippen LogP) is -0.226. The molecule has 1 aromatic heterocycles. The number of anilines is 1. The Balaban J connectivity index is 2.46. The van der Waals surface area contributed by atoms with E-state index in [9.17, 15) is 14.4 Å². The zero-order valence-corrected chi connectivity index (χ0v) is 11.2. The van der Waals surface area contributed by atoms with E-state index in [0.29, 0.717) is 12.2 Å². The van der Waals surface area contributed by atoms with Gasteiger partial charge >= 0.3 is 0 Å². The fourth-order valence-electron chi connectivity index (χ4n) is 1.87. The van der Waals surface area contributed by atoms with Crippen molar-refractivity contribution >= 4 is 33.6 Å². The lowest BCUT2D eigenvalue weighted by Gasteiger charge is -2.34. The maximum Gasteiger partial charge on any atom is 0.267 e. The normalized spacial score (nSPS) is 19.9. The second-order valence-electron chi connectivity index (χ2n) is 3.83. The number of carbonyl (C=O) groups is 2. The van der Waals surface area contributed by atoms with Crippen molar-refractivity contribution in [3.63, 3.8) is 0 Å². The van der Waals surface area contributed by atoms with Gasteiger partial charge in [-0.1, -0.05) is 6.92 Å². The van der Waals surface area contributed by atoms with Crippen molar-refractivity contribution in [3.8, 4) is 0 Å². The number of aromatic nitrogens is 2. The maximum atomic E-state index is 11.7. The SMILES string of the molecule is CCC1C(=O)NC(=O)CN1c1nc[nH]c(=O)c1Br. The maximum absolute atomic E-state index is 11.7. The van der Waals surface area contributed by atoms with Gasteiger partial charge < -0.3 is 9.88 Å². The molecule has 0 bridgehead atoms. The zero-order valence-electron chi connectivity index (χ0n) is 9.57. The van der Waals surface area contributed by atoms with Crippen LogP contribution in [0.5, 0.6) is 0 Å². The summed E-state index contributed by atoms with van der Waals surface area (Å²) in [6, 6.07) is -0.506. The molecule has 0 spiro atoms. The molecule has 0 aromatic carbocycles. The predicted molar refractivity (Wildman–Crippen MR) is 67.1 cm³/mol. The molecule has 1 atom stereocenters. The lowest BCUT2D eigenvalue weighted by atomic mass is 10.1. The van der Waals surface area contributed by atoms with Gasteiger partial charge in [-0.2, -0.15) is 0 Å². The highest BCUT2D eigenvalue weighted by atomic mass is 79.9. The van der Waals surface area contributed by atoms with Gasteiger partial charge in [-0.3, -0.25) is 19.7 Å². The van der Waals surface area contributed by atoms with Crippen LogP contribution < -0.4 is 15.8 Å². The Hall–Kier alpha value is -1.70. The molecule has 2 amide bonds. The summed E-state index contributed by atoms with van der Waals surface area (Å²) < 4.78 is 0.214. The molecule has 0 saturated carbocycles. The van der Waals surface area contributed by atoms with Crippen LogP contribution in [-0.4, -0.2) is 34.4 Å². The highest BCUT2D eigenvalue weighted by Gasteiger charge is 2.34. The highest BCUT2D eigenvalue weighted by Crippen LogP contribution is 2.23. The van der Waals surface area contributed by atoms with E-state index in [-0.39, 0.29) is 22.5 Å². The van der Waals surface area contributed by atoms with E-state index < -0.39 is 11.9 Å². The summed E-state index contributed by atoms with van der Waals surface area (Å²) >= 11 is 3.12. The molecule has 2 rings (SSSR count). The molecule has 1 aliphatic rings. The Bertz CT molecular complexity index is 556. The molecule has 1 saturated heterocycles. The van der Waals surface area contributed by atoms with Gasteiger partial charge in [-0.05, 0) is 22.4 Å². The van der Waals surface area contributed by atoms with Crippen LogP contribution >= 0.6 is 15.9 Å². The lowest BCUT2D eigenvalue weighted by Crippen LogP contribution is -2.58. The molecule has 18 heavy (non-hydrogen) atoms. The largest absolute Gasteiger partial charge is 0.334 e. The van der Waals surface area contributed by atoms with Gasteiger partial charge in [-0.15, -0.1) is 0 Å². The molecule has 0 aliphatic carbocycles. The third-order valence-electron chi connectivity index (χ3n) is 2.69. The number of piperazine rings is 1. The number of carbonyl (C=O) groups excluding carboxylic acids is 2. The number of imide groups is 1. The first-order valence-electron chi connectivity index (χ1n) is 5.38. The van der Waals surface area contributed by atoms with Gasteiger partial charge in [0.05, 0.1) is 12.9 Å². The molecular formula is C10H11BrN4O3. The smallest absolute Gasteiger partial charge is 0.267 e. The minimum absolute atomic E-state index is 0.000694.